The number of Topliss-reactive ketones (excluding diaryl/α,β-unsaturated/α-hetero) is 1. The summed E-state index contributed by atoms with van der Waals surface area (Å²) in [7, 11) is 0. The normalized spacial score (nSPS) is 13.4. The first kappa shape index (κ1) is 30.7. The number of oxime groups is 1. The monoisotopic (exact) mass is 609 g/mol. The summed E-state index contributed by atoms with van der Waals surface area (Å²) >= 11 is 1.57. The summed E-state index contributed by atoms with van der Waals surface area (Å²) in [5.41, 5.74) is 4.41. The van der Waals surface area contributed by atoms with Crippen molar-refractivity contribution in [2.45, 2.75) is 30.1 Å². The van der Waals surface area contributed by atoms with Crippen molar-refractivity contribution in [3.05, 3.63) is 129 Å². The van der Waals surface area contributed by atoms with Crippen molar-refractivity contribution in [1.82, 2.24) is 0 Å². The van der Waals surface area contributed by atoms with Gasteiger partial charge >= 0.3 is 5.97 Å². The van der Waals surface area contributed by atoms with Gasteiger partial charge in [0, 0.05) is 58.8 Å². The number of benzene rings is 4. The quantitative estimate of drug-likeness (QED) is 0.0648. The van der Waals surface area contributed by atoms with Crippen LogP contribution >= 0.6 is 11.8 Å². The lowest BCUT2D eigenvalue weighted by Crippen LogP contribution is -2.36. The number of hydrogen-bond acceptors (Lipinski definition) is 9. The van der Waals surface area contributed by atoms with E-state index in [-0.39, 0.29) is 17.0 Å². The SMILES string of the molecule is CC(=O)O/N=C(/C(=O)c1ccc(Sc2ccc(Cc3ccc(N4CCOCC4)cc3)cc2)cc1)c1cc([N+](=O)[O-])ccc1C. The summed E-state index contributed by atoms with van der Waals surface area (Å²) in [6.07, 6.45) is 0.840. The van der Waals surface area contributed by atoms with E-state index in [0.717, 1.165) is 49.4 Å². The fourth-order valence-electron chi connectivity index (χ4n) is 4.81. The lowest BCUT2D eigenvalue weighted by molar-refractivity contribution is -0.384. The third-order valence-electron chi connectivity index (χ3n) is 7.16. The lowest BCUT2D eigenvalue weighted by atomic mass is 9.97. The third-order valence-corrected chi connectivity index (χ3v) is 8.18. The van der Waals surface area contributed by atoms with E-state index in [4.69, 9.17) is 9.57 Å². The van der Waals surface area contributed by atoms with Crippen LogP contribution in [0.25, 0.3) is 0 Å². The van der Waals surface area contributed by atoms with Crippen LogP contribution in [0.3, 0.4) is 0 Å². The van der Waals surface area contributed by atoms with Crippen molar-refractivity contribution in [3.8, 4) is 0 Å². The van der Waals surface area contributed by atoms with Gasteiger partial charge in [-0.3, -0.25) is 14.9 Å². The Bertz CT molecular complexity index is 1680. The maximum Gasteiger partial charge on any atom is 0.332 e. The molecule has 4 aromatic rings. The van der Waals surface area contributed by atoms with Gasteiger partial charge in [-0.1, -0.05) is 47.2 Å². The molecule has 0 amide bonds. The lowest BCUT2D eigenvalue weighted by Gasteiger charge is -2.28. The molecule has 0 aromatic heterocycles. The zero-order valence-corrected chi connectivity index (χ0v) is 25.2. The number of aryl methyl sites for hydroxylation is 1. The Hall–Kier alpha value is -4.80. The summed E-state index contributed by atoms with van der Waals surface area (Å²) in [5, 5.41) is 15.1. The largest absolute Gasteiger partial charge is 0.378 e. The molecule has 0 atom stereocenters. The van der Waals surface area contributed by atoms with Gasteiger partial charge < -0.3 is 14.5 Å². The summed E-state index contributed by atoms with van der Waals surface area (Å²) in [6.45, 7) is 6.23. The Balaban J connectivity index is 1.25. The van der Waals surface area contributed by atoms with Crippen molar-refractivity contribution in [2.24, 2.45) is 5.16 Å². The summed E-state index contributed by atoms with van der Waals surface area (Å²) in [4.78, 5) is 44.8. The summed E-state index contributed by atoms with van der Waals surface area (Å²) in [6, 6.07) is 28.2. The molecule has 0 spiro atoms. The highest BCUT2D eigenvalue weighted by atomic mass is 32.2. The van der Waals surface area contributed by atoms with Crippen molar-refractivity contribution in [1.29, 1.82) is 0 Å². The van der Waals surface area contributed by atoms with Crippen LogP contribution in [0.2, 0.25) is 0 Å². The van der Waals surface area contributed by atoms with Gasteiger partial charge in [-0.25, -0.2) is 4.79 Å². The Morgan fingerprint density at radius 1 is 0.909 bits per heavy atom. The molecule has 0 N–H and O–H groups in total. The minimum Gasteiger partial charge on any atom is -0.378 e. The van der Waals surface area contributed by atoms with E-state index < -0.39 is 16.7 Å². The minimum absolute atomic E-state index is 0.187. The zero-order chi connectivity index (χ0) is 31.1. The highest BCUT2D eigenvalue weighted by molar-refractivity contribution is 7.99. The summed E-state index contributed by atoms with van der Waals surface area (Å²) < 4.78 is 5.44. The van der Waals surface area contributed by atoms with E-state index in [1.165, 1.54) is 35.0 Å². The molecule has 0 bridgehead atoms. The van der Waals surface area contributed by atoms with Gasteiger partial charge in [0.1, 0.15) is 0 Å². The number of nitro benzene ring substituents is 1. The molecule has 1 heterocycles. The molecule has 1 saturated heterocycles. The predicted octanol–water partition coefficient (Wildman–Crippen LogP) is 6.63. The molecular formula is C34H31N3O6S. The fourth-order valence-corrected chi connectivity index (χ4v) is 5.62. The molecule has 4 aromatic carbocycles. The third kappa shape index (κ3) is 7.77. The molecule has 9 nitrogen and oxygen atoms in total. The van der Waals surface area contributed by atoms with Crippen LogP contribution in [0, 0.1) is 17.0 Å². The van der Waals surface area contributed by atoms with Crippen molar-refractivity contribution >= 4 is 40.6 Å². The maximum atomic E-state index is 13.4. The smallest absolute Gasteiger partial charge is 0.332 e. The van der Waals surface area contributed by atoms with Gasteiger partial charge in [-0.05, 0) is 78.6 Å². The first-order valence-electron chi connectivity index (χ1n) is 14.1. The number of nitrogens with zero attached hydrogens (tertiary/aromatic N) is 3. The van der Waals surface area contributed by atoms with Crippen LogP contribution in [0.15, 0.2) is 106 Å². The number of non-ortho nitro benzene ring substituents is 1. The molecule has 0 unspecified atom stereocenters. The molecular weight excluding hydrogens is 578 g/mol. The van der Waals surface area contributed by atoms with Crippen LogP contribution in [-0.2, 0) is 20.8 Å². The average molecular weight is 610 g/mol. The zero-order valence-electron chi connectivity index (χ0n) is 24.4. The average Bonchev–Trinajstić information content (AvgIpc) is 3.03. The van der Waals surface area contributed by atoms with Crippen LogP contribution in [0.1, 0.15) is 39.5 Å². The van der Waals surface area contributed by atoms with E-state index in [9.17, 15) is 19.7 Å². The van der Waals surface area contributed by atoms with E-state index in [0.29, 0.717) is 11.1 Å². The molecule has 5 rings (SSSR count). The number of carbonyl (C=O) groups is 2. The number of ketones is 1. The molecule has 224 valence electrons. The van der Waals surface area contributed by atoms with E-state index in [1.54, 1.807) is 30.8 Å². The standard InChI is InChI=1S/C34H31N3O6S/c1-23-3-10-29(37(40)41)22-32(23)33(35-43-24(2)38)34(39)27-8-15-31(16-9-27)44-30-13-6-26(7-14-30)21-25-4-11-28(12-5-25)36-17-19-42-20-18-36/h3-16,22H,17-21H2,1-2H3/b35-33+. The second kappa shape index (κ2) is 14.1. The maximum absolute atomic E-state index is 13.4. The number of nitro groups is 1. The Labute approximate surface area is 259 Å². The fraction of sp³-hybridized carbons (Fsp3) is 0.206. The molecule has 0 saturated carbocycles. The topological polar surface area (TPSA) is 111 Å². The minimum atomic E-state index is -0.710. The van der Waals surface area contributed by atoms with Gasteiger partial charge in [-0.15, -0.1) is 0 Å². The second-order valence-electron chi connectivity index (χ2n) is 10.3. The Morgan fingerprint density at radius 3 is 2.09 bits per heavy atom. The summed E-state index contributed by atoms with van der Waals surface area (Å²) in [5.74, 6) is -1.23. The van der Waals surface area contributed by atoms with Gasteiger partial charge in [0.2, 0.25) is 5.78 Å². The number of rotatable bonds is 10. The highest BCUT2D eigenvalue weighted by Crippen LogP contribution is 2.29. The molecule has 1 aliphatic heterocycles. The number of ether oxygens (including phenoxy) is 1. The predicted molar refractivity (Wildman–Crippen MR) is 170 cm³/mol. The number of morpholine rings is 1. The number of hydrogen-bond donors (Lipinski definition) is 0. The Kier molecular flexibility index (Phi) is 9.83. The molecule has 1 fully saturated rings. The van der Waals surface area contributed by atoms with Crippen LogP contribution in [-0.4, -0.2) is 48.7 Å². The van der Waals surface area contributed by atoms with Crippen LogP contribution < -0.4 is 4.90 Å². The Morgan fingerprint density at radius 2 is 1.50 bits per heavy atom. The van der Waals surface area contributed by atoms with Gasteiger partial charge in [0.15, 0.2) is 5.71 Å². The van der Waals surface area contributed by atoms with E-state index in [2.05, 4.69) is 58.6 Å². The van der Waals surface area contributed by atoms with E-state index >= 15 is 0 Å². The van der Waals surface area contributed by atoms with Gasteiger partial charge in [-0.2, -0.15) is 0 Å². The molecule has 44 heavy (non-hydrogen) atoms. The molecule has 10 heteroatoms. The highest BCUT2D eigenvalue weighted by Gasteiger charge is 2.22. The molecule has 0 aliphatic carbocycles. The van der Waals surface area contributed by atoms with Crippen LogP contribution in [0.4, 0.5) is 11.4 Å². The van der Waals surface area contributed by atoms with Crippen molar-refractivity contribution in [2.75, 3.05) is 31.2 Å². The number of anilines is 1. The number of carbonyl (C=O) groups excluding carboxylic acids is 2. The van der Waals surface area contributed by atoms with Gasteiger partial charge in [0.05, 0.1) is 18.1 Å². The molecule has 1 aliphatic rings. The van der Waals surface area contributed by atoms with Crippen molar-refractivity contribution < 1.29 is 24.1 Å². The van der Waals surface area contributed by atoms with Gasteiger partial charge in [0.25, 0.3) is 5.69 Å². The first-order valence-corrected chi connectivity index (χ1v) is 14.9. The van der Waals surface area contributed by atoms with E-state index in [1.807, 2.05) is 12.1 Å². The van der Waals surface area contributed by atoms with Crippen LogP contribution in [0.5, 0.6) is 0 Å². The first-order chi connectivity index (χ1) is 21.3. The second-order valence-corrected chi connectivity index (χ2v) is 11.5. The molecule has 0 radical (unpaired) electrons. The van der Waals surface area contributed by atoms with Crippen molar-refractivity contribution in [3.63, 3.8) is 0 Å².